The van der Waals surface area contributed by atoms with Gasteiger partial charge in [0.05, 0.1) is 102 Å². The van der Waals surface area contributed by atoms with Gasteiger partial charge in [-0.05, 0) is 38.5 Å². The van der Waals surface area contributed by atoms with Crippen molar-refractivity contribution < 1.29 is 100 Å². The molecule has 0 aromatic carbocycles. The summed E-state index contributed by atoms with van der Waals surface area (Å²) in [6.45, 7) is 8.25. The number of carboxylic acids is 6. The molecule has 0 aliphatic carbocycles. The predicted molar refractivity (Wildman–Crippen MR) is 273 cm³/mol. The van der Waals surface area contributed by atoms with Crippen LogP contribution < -0.4 is 0 Å². The first kappa shape index (κ1) is 81.6. The van der Waals surface area contributed by atoms with Crippen molar-refractivity contribution >= 4 is 112 Å². The van der Waals surface area contributed by atoms with Crippen molar-refractivity contribution in [1.82, 2.24) is 0 Å². The minimum atomic E-state index is -1.11. The van der Waals surface area contributed by atoms with Gasteiger partial charge in [-0.3, -0.25) is 28.8 Å². The summed E-state index contributed by atoms with van der Waals surface area (Å²) in [7, 11) is 0. The molecule has 66 heavy (non-hydrogen) atoms. The molecule has 26 heteroatoms. The van der Waals surface area contributed by atoms with Gasteiger partial charge in [-0.15, -0.1) is 0 Å². The molecule has 0 saturated carbocycles. The van der Waals surface area contributed by atoms with Gasteiger partial charge in [0.25, 0.3) is 0 Å². The first-order chi connectivity index (χ1) is 30.5. The van der Waals surface area contributed by atoms with Crippen molar-refractivity contribution in [2.45, 2.75) is 150 Å². The van der Waals surface area contributed by atoms with Crippen LogP contribution in [-0.2, 0) is 28.8 Å². The van der Waals surface area contributed by atoms with Gasteiger partial charge in [-0.1, -0.05) is 41.5 Å². The zero-order valence-electron chi connectivity index (χ0n) is 39.0. The molecule has 0 bridgehead atoms. The minimum Gasteiger partial charge on any atom is -0.481 e. The van der Waals surface area contributed by atoms with Gasteiger partial charge < -0.3 is 71.5 Å². The molecule has 14 N–H and O–H groups in total. The fourth-order valence-electron chi connectivity index (χ4n) is 2.68. The Hall–Kier alpha value is -1.40. The third-order valence-corrected chi connectivity index (χ3v) is 11.3. The topological polar surface area (TPSA) is 386 Å². The van der Waals surface area contributed by atoms with Gasteiger partial charge in [0.2, 0.25) is 0 Å². The summed E-state index contributed by atoms with van der Waals surface area (Å²) in [6, 6.07) is 0. The standard InChI is InChI=1S/2C5H12O4.6C5H10O2S/c2*6-1-5(2-7,3-8)4-9;6*1-2-4(8)3-5(6)7/h2*6-9H,1-4H2;6*4,8H,2-3H2,1H3,(H,6,7). The Morgan fingerprint density at radius 3 is 0.394 bits per heavy atom. The highest BCUT2D eigenvalue weighted by molar-refractivity contribution is 7.81. The molecule has 0 saturated heterocycles. The van der Waals surface area contributed by atoms with Gasteiger partial charge in [-0.2, -0.15) is 75.8 Å². The maximum atomic E-state index is 9.92. The van der Waals surface area contributed by atoms with E-state index in [1.54, 1.807) is 0 Å². The quantitative estimate of drug-likeness (QED) is 0.0554. The Balaban J connectivity index is -0.0000000971. The highest BCUT2D eigenvalue weighted by atomic mass is 32.1. The molecule has 0 aromatic rings. The van der Waals surface area contributed by atoms with Crippen LogP contribution in [0.3, 0.4) is 0 Å². The number of carbonyl (C=O) groups is 6. The van der Waals surface area contributed by atoms with Gasteiger partial charge in [0, 0.05) is 31.5 Å². The number of aliphatic hydroxyl groups is 8. The van der Waals surface area contributed by atoms with Crippen molar-refractivity contribution in [2.24, 2.45) is 10.8 Å². The molecule has 0 spiro atoms. The Morgan fingerprint density at radius 1 is 0.288 bits per heavy atom. The molecular weight excluding hydrogens is 993 g/mol. The number of hydrogen-bond acceptors (Lipinski definition) is 20. The molecule has 20 nitrogen and oxygen atoms in total. The number of rotatable bonds is 26. The summed E-state index contributed by atoms with van der Waals surface area (Å²) in [4.78, 5) is 59.5. The average Bonchev–Trinajstić information content (AvgIpc) is 3.25. The van der Waals surface area contributed by atoms with Crippen LogP contribution in [0.5, 0.6) is 0 Å². The highest BCUT2D eigenvalue weighted by Crippen LogP contribution is 2.13. The molecule has 0 rings (SSSR count). The second kappa shape index (κ2) is 56.2. The van der Waals surface area contributed by atoms with E-state index in [4.69, 9.17) is 71.5 Å². The molecule has 0 amide bonds. The fraction of sp³-hybridized carbons (Fsp3) is 0.850. The van der Waals surface area contributed by atoms with E-state index in [9.17, 15) is 28.8 Å². The normalized spacial score (nSPS) is 12.9. The lowest BCUT2D eigenvalue weighted by molar-refractivity contribution is -0.138. The Labute approximate surface area is 423 Å². The van der Waals surface area contributed by atoms with E-state index < -0.39 is 99.5 Å². The van der Waals surface area contributed by atoms with Crippen molar-refractivity contribution in [1.29, 1.82) is 0 Å². The number of hydrogen-bond donors (Lipinski definition) is 20. The Bertz CT molecular complexity index is 928. The van der Waals surface area contributed by atoms with E-state index in [0.717, 1.165) is 38.5 Å². The third-order valence-electron chi connectivity index (χ3n) is 7.97. The van der Waals surface area contributed by atoms with Crippen molar-refractivity contribution in [3.8, 4) is 0 Å². The first-order valence-corrected chi connectivity index (χ1v) is 23.8. The van der Waals surface area contributed by atoms with E-state index in [0.29, 0.717) is 0 Å². The monoisotopic (exact) mass is 1080 g/mol. The van der Waals surface area contributed by atoms with Crippen LogP contribution in [0.2, 0.25) is 0 Å². The van der Waals surface area contributed by atoms with Crippen LogP contribution in [0.25, 0.3) is 0 Å². The largest absolute Gasteiger partial charge is 0.481 e. The Kier molecular flexibility index (Phi) is 69.4. The second-order valence-corrected chi connectivity index (χ2v) is 18.6. The molecule has 0 aromatic heterocycles. The van der Waals surface area contributed by atoms with E-state index in [2.05, 4.69) is 75.8 Å². The third kappa shape index (κ3) is 69.2. The highest BCUT2D eigenvalue weighted by Gasteiger charge is 2.27. The molecule has 6 atom stereocenters. The summed E-state index contributed by atoms with van der Waals surface area (Å²) in [5.41, 5.74) is -2.22. The number of thiol groups is 6. The summed E-state index contributed by atoms with van der Waals surface area (Å²) < 4.78 is 0. The first-order valence-electron chi connectivity index (χ1n) is 20.7. The van der Waals surface area contributed by atoms with Crippen LogP contribution in [-0.4, -0.2) is 192 Å². The van der Waals surface area contributed by atoms with E-state index in [1.807, 2.05) is 41.5 Å². The number of carboxylic acid groups (broad SMARTS) is 6. The summed E-state index contributed by atoms with van der Waals surface area (Å²) in [5.74, 6) is -4.63. The SMILES string of the molecule is CCC(S)CC(=O)O.CCC(S)CC(=O)O.CCC(S)CC(=O)O.CCC(S)CC(=O)O.CCC(S)CC(=O)O.CCC(S)CC(=O)O.OCC(CO)(CO)CO.OCC(CO)(CO)CO. The number of aliphatic carboxylic acids is 6. The molecule has 400 valence electrons. The van der Waals surface area contributed by atoms with E-state index >= 15 is 0 Å². The van der Waals surface area contributed by atoms with Crippen LogP contribution in [0, 0.1) is 10.8 Å². The summed E-state index contributed by atoms with van der Waals surface area (Å²) >= 11 is 23.9. The van der Waals surface area contributed by atoms with Crippen molar-refractivity contribution in [3.63, 3.8) is 0 Å². The van der Waals surface area contributed by atoms with Crippen molar-refractivity contribution in [2.75, 3.05) is 52.9 Å². The molecule has 6 unspecified atom stereocenters. The van der Waals surface area contributed by atoms with Gasteiger partial charge in [0.15, 0.2) is 0 Å². The molecule has 0 aliphatic heterocycles. The molecule has 0 heterocycles. The van der Waals surface area contributed by atoms with Crippen LogP contribution in [0.1, 0.15) is 119 Å². The van der Waals surface area contributed by atoms with Crippen LogP contribution >= 0.6 is 75.8 Å². The zero-order valence-corrected chi connectivity index (χ0v) is 44.4. The maximum absolute atomic E-state index is 9.92. The smallest absolute Gasteiger partial charge is 0.304 e. The van der Waals surface area contributed by atoms with Crippen molar-refractivity contribution in [3.05, 3.63) is 0 Å². The molecular formula is C40H84O20S6. The summed E-state index contributed by atoms with van der Waals surface area (Å²) in [5, 5.41) is 117. The predicted octanol–water partition coefficient (Wildman–Crippen LogP) is 2.90. The lowest BCUT2D eigenvalue weighted by atomic mass is 9.93. The van der Waals surface area contributed by atoms with Gasteiger partial charge in [-0.25, -0.2) is 0 Å². The Morgan fingerprint density at radius 2 is 0.379 bits per heavy atom. The summed E-state index contributed by atoms with van der Waals surface area (Å²) in [6.07, 6.45) is 5.89. The minimum absolute atomic E-state index is 0.0208. The number of aliphatic hydroxyl groups excluding tert-OH is 8. The van der Waals surface area contributed by atoms with E-state index in [-0.39, 0.29) is 70.0 Å². The molecule has 0 radical (unpaired) electrons. The fourth-order valence-corrected chi connectivity index (χ4v) is 3.61. The zero-order chi connectivity index (χ0) is 54.1. The second-order valence-electron chi connectivity index (χ2n) is 14.2. The van der Waals surface area contributed by atoms with Gasteiger partial charge in [0.1, 0.15) is 0 Å². The lowest BCUT2D eigenvalue weighted by Gasteiger charge is -2.23. The average molecular weight is 1080 g/mol. The molecule has 0 aliphatic rings. The maximum Gasteiger partial charge on any atom is 0.304 e. The van der Waals surface area contributed by atoms with Crippen LogP contribution in [0.15, 0.2) is 0 Å². The lowest BCUT2D eigenvalue weighted by Crippen LogP contribution is -2.37. The van der Waals surface area contributed by atoms with E-state index in [1.165, 1.54) is 0 Å². The van der Waals surface area contributed by atoms with Crippen LogP contribution in [0.4, 0.5) is 0 Å². The molecule has 0 fully saturated rings. The van der Waals surface area contributed by atoms with Gasteiger partial charge >= 0.3 is 35.8 Å².